The van der Waals surface area contributed by atoms with Crippen LogP contribution >= 0.6 is 35.0 Å². The molecule has 2 saturated heterocycles. The molecule has 3 amide bonds. The van der Waals surface area contributed by atoms with E-state index >= 15 is 0 Å². The van der Waals surface area contributed by atoms with Crippen molar-refractivity contribution in [2.24, 2.45) is 4.99 Å². The lowest BCUT2D eigenvalue weighted by Gasteiger charge is -2.27. The number of methoxy groups -OCH3 is 1. The monoisotopic (exact) mass is 547 g/mol. The maximum atomic E-state index is 13.2. The summed E-state index contributed by atoms with van der Waals surface area (Å²) in [4.78, 5) is 57.6. The van der Waals surface area contributed by atoms with E-state index < -0.39 is 17.8 Å². The molecule has 2 aliphatic heterocycles. The Hall–Kier alpha value is -3.18. The van der Waals surface area contributed by atoms with Crippen LogP contribution in [0.4, 0.5) is 5.69 Å². The predicted molar refractivity (Wildman–Crippen MR) is 137 cm³/mol. The first kappa shape index (κ1) is 25.9. The van der Waals surface area contributed by atoms with Gasteiger partial charge in [-0.2, -0.15) is 4.99 Å². The minimum absolute atomic E-state index is 0.0124. The molecule has 0 atom stereocenters. The number of aliphatic imine (C=N–C) groups is 1. The van der Waals surface area contributed by atoms with Crippen molar-refractivity contribution in [1.82, 2.24) is 4.90 Å². The lowest BCUT2D eigenvalue weighted by atomic mass is 10.1. The highest BCUT2D eigenvalue weighted by molar-refractivity contribution is 8.19. The van der Waals surface area contributed by atoms with E-state index in [0.717, 1.165) is 17.8 Å². The maximum Gasteiger partial charge on any atom is 0.331 e. The molecule has 0 N–H and O–H groups in total. The van der Waals surface area contributed by atoms with Gasteiger partial charge in [-0.25, -0.2) is 4.79 Å². The summed E-state index contributed by atoms with van der Waals surface area (Å²) in [5, 5.41) is 0.471. The zero-order valence-electron chi connectivity index (χ0n) is 18.9. The third-order valence-electron chi connectivity index (χ3n) is 5.29. The van der Waals surface area contributed by atoms with Gasteiger partial charge in [-0.3, -0.25) is 19.3 Å². The fourth-order valence-electron chi connectivity index (χ4n) is 3.45. The van der Waals surface area contributed by atoms with Crippen molar-refractivity contribution in [1.29, 1.82) is 0 Å². The van der Waals surface area contributed by atoms with E-state index in [0.29, 0.717) is 42.6 Å². The van der Waals surface area contributed by atoms with Crippen LogP contribution in [-0.2, 0) is 19.1 Å². The van der Waals surface area contributed by atoms with Crippen LogP contribution in [0.1, 0.15) is 20.7 Å². The second-order valence-corrected chi connectivity index (χ2v) is 9.40. The van der Waals surface area contributed by atoms with Crippen molar-refractivity contribution in [3.05, 3.63) is 74.6 Å². The largest absolute Gasteiger partial charge is 0.466 e. The number of benzene rings is 2. The van der Waals surface area contributed by atoms with Crippen molar-refractivity contribution in [3.8, 4) is 0 Å². The number of ether oxygens (including phenoxy) is 2. The number of amidine groups is 1. The van der Waals surface area contributed by atoms with E-state index in [9.17, 15) is 19.2 Å². The first-order valence-electron chi connectivity index (χ1n) is 10.7. The van der Waals surface area contributed by atoms with Crippen LogP contribution in [0, 0.1) is 0 Å². The number of carbonyl (C=O) groups is 4. The fourth-order valence-corrected chi connectivity index (χ4v) is 4.88. The Balaban J connectivity index is 1.67. The first-order valence-corrected chi connectivity index (χ1v) is 12.2. The van der Waals surface area contributed by atoms with Gasteiger partial charge >= 0.3 is 5.97 Å². The van der Waals surface area contributed by atoms with E-state index in [-0.39, 0.29) is 26.6 Å². The van der Waals surface area contributed by atoms with Gasteiger partial charge in [0.25, 0.3) is 17.7 Å². The number of nitrogens with zero attached hydrogens (tertiary/aromatic N) is 3. The zero-order valence-corrected chi connectivity index (χ0v) is 21.2. The quantitative estimate of drug-likeness (QED) is 0.423. The number of halogens is 2. The Labute approximate surface area is 220 Å². The Morgan fingerprint density at radius 2 is 1.78 bits per heavy atom. The van der Waals surface area contributed by atoms with Crippen LogP contribution in [0.2, 0.25) is 10.0 Å². The second kappa shape index (κ2) is 11.3. The molecule has 12 heteroatoms. The maximum absolute atomic E-state index is 13.2. The topological polar surface area (TPSA) is 106 Å². The van der Waals surface area contributed by atoms with Crippen LogP contribution in [0.15, 0.2) is 58.4 Å². The van der Waals surface area contributed by atoms with E-state index in [2.05, 4.69) is 9.73 Å². The number of hydrogen-bond acceptors (Lipinski definition) is 7. The SMILES string of the molecule is COC(=O)C=C1SC(=NC(=O)c2ccc(Cl)cc2Cl)N(c2ccc(C(=O)N3CCOCC3)cc2)C1=O. The molecule has 2 fully saturated rings. The molecule has 0 radical (unpaired) electrons. The van der Waals surface area contributed by atoms with Gasteiger partial charge in [-0.05, 0) is 54.2 Å². The molecular formula is C24H19Cl2N3O6S. The Kier molecular flexibility index (Phi) is 8.10. The van der Waals surface area contributed by atoms with Gasteiger partial charge in [0.1, 0.15) is 0 Å². The van der Waals surface area contributed by atoms with Crippen LogP contribution in [0.25, 0.3) is 0 Å². The molecule has 36 heavy (non-hydrogen) atoms. The molecule has 9 nitrogen and oxygen atoms in total. The Morgan fingerprint density at radius 3 is 2.42 bits per heavy atom. The predicted octanol–water partition coefficient (Wildman–Crippen LogP) is 3.80. The number of amides is 3. The van der Waals surface area contributed by atoms with E-state index in [1.807, 2.05) is 0 Å². The summed E-state index contributed by atoms with van der Waals surface area (Å²) < 4.78 is 9.91. The highest BCUT2D eigenvalue weighted by Crippen LogP contribution is 2.35. The summed E-state index contributed by atoms with van der Waals surface area (Å²) in [6.45, 7) is 1.94. The molecule has 2 aliphatic rings. The molecule has 0 aliphatic carbocycles. The normalized spacial score (nSPS) is 18.1. The minimum Gasteiger partial charge on any atom is -0.466 e. The molecule has 0 saturated carbocycles. The van der Waals surface area contributed by atoms with Crippen LogP contribution in [0.5, 0.6) is 0 Å². The average molecular weight is 548 g/mol. The number of esters is 1. The standard InChI is InChI=1S/C24H19Cl2N3O6S/c1-34-20(30)13-19-23(33)29(24(36-19)27-21(31)17-7-4-15(25)12-18(17)26)16-5-2-14(3-6-16)22(32)28-8-10-35-11-9-28/h2-7,12-13H,8-11H2,1H3. The third kappa shape index (κ3) is 5.62. The van der Waals surface area contributed by atoms with E-state index in [4.69, 9.17) is 27.9 Å². The smallest absolute Gasteiger partial charge is 0.331 e. The molecule has 0 bridgehead atoms. The van der Waals surface area contributed by atoms with Crippen LogP contribution < -0.4 is 4.90 Å². The second-order valence-electron chi connectivity index (χ2n) is 7.55. The van der Waals surface area contributed by atoms with Gasteiger partial charge in [0.05, 0.1) is 41.5 Å². The van der Waals surface area contributed by atoms with E-state index in [1.54, 1.807) is 29.2 Å². The number of hydrogen-bond donors (Lipinski definition) is 0. The molecule has 2 heterocycles. The van der Waals surface area contributed by atoms with Gasteiger partial charge in [0.15, 0.2) is 5.17 Å². The Bertz CT molecular complexity index is 1290. The summed E-state index contributed by atoms with van der Waals surface area (Å²) in [6.07, 6.45) is 1.03. The van der Waals surface area contributed by atoms with Crippen molar-refractivity contribution in [3.63, 3.8) is 0 Å². The lowest BCUT2D eigenvalue weighted by Crippen LogP contribution is -2.40. The number of rotatable bonds is 4. The highest BCUT2D eigenvalue weighted by atomic mass is 35.5. The average Bonchev–Trinajstić information content (AvgIpc) is 3.17. The van der Waals surface area contributed by atoms with E-state index in [1.165, 1.54) is 30.2 Å². The summed E-state index contributed by atoms with van der Waals surface area (Å²) in [5.41, 5.74) is 0.888. The van der Waals surface area contributed by atoms with Crippen molar-refractivity contribution in [2.45, 2.75) is 0 Å². The van der Waals surface area contributed by atoms with Gasteiger partial charge < -0.3 is 14.4 Å². The van der Waals surface area contributed by atoms with Gasteiger partial charge in [-0.15, -0.1) is 0 Å². The summed E-state index contributed by atoms with van der Waals surface area (Å²) in [5.74, 6) is -2.16. The number of anilines is 1. The number of morpholine rings is 1. The number of thioether (sulfide) groups is 1. The summed E-state index contributed by atoms with van der Waals surface area (Å²) in [6, 6.07) is 10.7. The molecular weight excluding hydrogens is 529 g/mol. The molecule has 186 valence electrons. The molecule has 2 aromatic rings. The highest BCUT2D eigenvalue weighted by Gasteiger charge is 2.36. The lowest BCUT2D eigenvalue weighted by molar-refractivity contribution is -0.135. The van der Waals surface area contributed by atoms with Crippen molar-refractivity contribution < 1.29 is 28.7 Å². The van der Waals surface area contributed by atoms with Crippen LogP contribution in [0.3, 0.4) is 0 Å². The minimum atomic E-state index is -0.731. The number of carbonyl (C=O) groups excluding carboxylic acids is 4. The third-order valence-corrected chi connectivity index (χ3v) is 6.80. The van der Waals surface area contributed by atoms with Crippen molar-refractivity contribution in [2.75, 3.05) is 38.3 Å². The van der Waals surface area contributed by atoms with Gasteiger partial charge in [0, 0.05) is 29.8 Å². The van der Waals surface area contributed by atoms with Crippen LogP contribution in [-0.4, -0.2) is 67.2 Å². The molecule has 0 aromatic heterocycles. The van der Waals surface area contributed by atoms with Crippen molar-refractivity contribution >= 4 is 69.5 Å². The fraction of sp³-hybridized carbons (Fsp3) is 0.208. The first-order chi connectivity index (χ1) is 17.3. The molecule has 0 spiro atoms. The summed E-state index contributed by atoms with van der Waals surface area (Å²) in [7, 11) is 1.19. The molecule has 4 rings (SSSR count). The van der Waals surface area contributed by atoms with Gasteiger partial charge in [-0.1, -0.05) is 23.2 Å². The molecule has 0 unspecified atom stereocenters. The molecule has 2 aromatic carbocycles. The summed E-state index contributed by atoms with van der Waals surface area (Å²) >= 11 is 12.9. The van der Waals surface area contributed by atoms with Gasteiger partial charge in [0.2, 0.25) is 0 Å². The zero-order chi connectivity index (χ0) is 25.8. The Morgan fingerprint density at radius 1 is 1.08 bits per heavy atom.